The van der Waals surface area contributed by atoms with Gasteiger partial charge in [0.15, 0.2) is 12.0 Å². The van der Waals surface area contributed by atoms with E-state index in [0.29, 0.717) is 34.2 Å². The average molecular weight is 533 g/mol. The molecule has 2 atom stereocenters. The van der Waals surface area contributed by atoms with Crippen LogP contribution >= 0.6 is 11.6 Å². The quantitative estimate of drug-likeness (QED) is 0.206. The van der Waals surface area contributed by atoms with Crippen LogP contribution in [-0.4, -0.2) is 51.8 Å². The summed E-state index contributed by atoms with van der Waals surface area (Å²) in [5, 5.41) is 11.9. The maximum Gasteiger partial charge on any atom is 0.293 e. The Morgan fingerprint density at radius 1 is 1.24 bits per heavy atom. The van der Waals surface area contributed by atoms with E-state index in [1.807, 2.05) is 41.3 Å². The second-order valence-corrected chi connectivity index (χ2v) is 9.40. The van der Waals surface area contributed by atoms with Crippen molar-refractivity contribution in [2.24, 2.45) is 21.5 Å². The van der Waals surface area contributed by atoms with Crippen molar-refractivity contribution in [3.8, 4) is 11.1 Å². The van der Waals surface area contributed by atoms with E-state index in [4.69, 9.17) is 33.2 Å². The first kappa shape index (κ1) is 25.2. The molecule has 38 heavy (non-hydrogen) atoms. The number of nitrogens with two attached hydrogens (primary N) is 2. The lowest BCUT2D eigenvalue weighted by Gasteiger charge is -2.28. The normalized spacial score (nSPS) is 18.3. The fourth-order valence-corrected chi connectivity index (χ4v) is 4.66. The second kappa shape index (κ2) is 10.5. The second-order valence-electron chi connectivity index (χ2n) is 8.99. The highest BCUT2D eigenvalue weighted by atomic mass is 35.5. The molecule has 1 aliphatic heterocycles. The van der Waals surface area contributed by atoms with Gasteiger partial charge in [0.2, 0.25) is 0 Å². The molecule has 3 aromatic rings. The third-order valence-corrected chi connectivity index (χ3v) is 6.88. The lowest BCUT2D eigenvalue weighted by atomic mass is 10.00. The van der Waals surface area contributed by atoms with E-state index in [-0.39, 0.29) is 24.3 Å². The summed E-state index contributed by atoms with van der Waals surface area (Å²) in [4.78, 5) is 34.1. The molecule has 1 amide bonds. The number of amides is 1. The summed E-state index contributed by atoms with van der Waals surface area (Å²) in [6.45, 7) is 0.120. The standard InChI is InChI=1S/C26H25ClN8O3/c27-21-8-5-17(9-20(21)24(29)31-13-28)22(12-38-14-36)35-25(37)23(33-26(35)30)16-3-1-15(2-4-16)18-10-32-34(11-18)19-6-7-19/h1-5,8-11,13-14,19,22-23H,6-7,12H2,(H2,30,33)(H3,28,29,31)/t22-,23-/m1/s1. The molecule has 5 N–H and O–H groups in total. The highest BCUT2D eigenvalue weighted by Gasteiger charge is 2.40. The SMILES string of the molecule is N=CN=C(N)c1cc([C@@H](COC=O)N2C(=O)[C@@H](c3ccc(-c4cnn(C5CC5)c4)cc3)N=C2N)ccc1Cl. The van der Waals surface area contributed by atoms with Crippen LogP contribution in [0, 0.1) is 5.41 Å². The Bertz CT molecular complexity index is 1440. The van der Waals surface area contributed by atoms with Crippen molar-refractivity contribution in [2.45, 2.75) is 31.0 Å². The van der Waals surface area contributed by atoms with E-state index in [2.05, 4.69) is 15.1 Å². The summed E-state index contributed by atoms with van der Waals surface area (Å²) in [5.41, 5.74) is 15.8. The molecule has 11 nitrogen and oxygen atoms in total. The summed E-state index contributed by atoms with van der Waals surface area (Å²) in [6.07, 6.45) is 6.97. The van der Waals surface area contributed by atoms with Crippen molar-refractivity contribution in [1.82, 2.24) is 14.7 Å². The molecule has 1 fully saturated rings. The lowest BCUT2D eigenvalue weighted by Crippen LogP contribution is -2.42. The molecule has 0 unspecified atom stereocenters. The minimum Gasteiger partial charge on any atom is -0.465 e. The molecule has 1 aliphatic carbocycles. The van der Waals surface area contributed by atoms with Crippen molar-refractivity contribution in [3.63, 3.8) is 0 Å². The van der Waals surface area contributed by atoms with Gasteiger partial charge in [0.1, 0.15) is 18.8 Å². The molecular formula is C26H25ClN8O3. The smallest absolute Gasteiger partial charge is 0.293 e. The van der Waals surface area contributed by atoms with Gasteiger partial charge in [-0.2, -0.15) is 5.10 Å². The lowest BCUT2D eigenvalue weighted by molar-refractivity contribution is -0.135. The van der Waals surface area contributed by atoms with Crippen molar-refractivity contribution in [2.75, 3.05) is 6.61 Å². The van der Waals surface area contributed by atoms with Crippen molar-refractivity contribution >= 4 is 42.1 Å². The van der Waals surface area contributed by atoms with E-state index >= 15 is 0 Å². The molecule has 5 rings (SSSR count). The summed E-state index contributed by atoms with van der Waals surface area (Å²) >= 11 is 6.28. The maximum atomic E-state index is 13.6. The topological polar surface area (TPSA) is 165 Å². The number of hydrogen-bond donors (Lipinski definition) is 3. The number of carbonyl (C=O) groups excluding carboxylic acids is 2. The zero-order valence-corrected chi connectivity index (χ0v) is 21.0. The summed E-state index contributed by atoms with van der Waals surface area (Å²) < 4.78 is 7.03. The van der Waals surface area contributed by atoms with E-state index in [9.17, 15) is 9.59 Å². The van der Waals surface area contributed by atoms with Gasteiger partial charge in [-0.15, -0.1) is 0 Å². The fourth-order valence-electron chi connectivity index (χ4n) is 4.44. The average Bonchev–Trinajstić information content (AvgIpc) is 3.58. The highest BCUT2D eigenvalue weighted by molar-refractivity contribution is 6.34. The van der Waals surface area contributed by atoms with Gasteiger partial charge in [0, 0.05) is 17.3 Å². The van der Waals surface area contributed by atoms with Crippen LogP contribution in [0.4, 0.5) is 0 Å². The van der Waals surface area contributed by atoms with Crippen LogP contribution in [0.15, 0.2) is 64.8 Å². The molecule has 2 aliphatic rings. The minimum absolute atomic E-state index is 0.00749. The number of ether oxygens (including phenoxy) is 1. The van der Waals surface area contributed by atoms with Gasteiger partial charge in [-0.1, -0.05) is 41.9 Å². The number of aliphatic imine (C=N–C) groups is 2. The van der Waals surface area contributed by atoms with Crippen LogP contribution in [-0.2, 0) is 14.3 Å². The Balaban J connectivity index is 1.41. The molecule has 1 aromatic heterocycles. The molecule has 2 heterocycles. The predicted molar refractivity (Wildman–Crippen MR) is 143 cm³/mol. The Labute approximate surface area is 223 Å². The van der Waals surface area contributed by atoms with Crippen LogP contribution in [0.2, 0.25) is 5.02 Å². The van der Waals surface area contributed by atoms with Gasteiger partial charge in [-0.3, -0.25) is 24.6 Å². The number of guanidine groups is 1. The number of amidine groups is 1. The molecule has 1 saturated carbocycles. The molecule has 0 bridgehead atoms. The molecule has 12 heteroatoms. The Morgan fingerprint density at radius 3 is 2.68 bits per heavy atom. The number of nitrogens with one attached hydrogen (secondary N) is 1. The summed E-state index contributed by atoms with van der Waals surface area (Å²) in [6, 6.07) is 11.3. The van der Waals surface area contributed by atoms with Crippen LogP contribution in [0.1, 0.15) is 47.7 Å². The third kappa shape index (κ3) is 4.88. The molecule has 2 aromatic carbocycles. The molecule has 0 radical (unpaired) electrons. The third-order valence-electron chi connectivity index (χ3n) is 6.55. The van der Waals surface area contributed by atoms with E-state index in [1.54, 1.807) is 18.2 Å². The molecule has 194 valence electrons. The summed E-state index contributed by atoms with van der Waals surface area (Å²) in [5.74, 6) is -0.349. The fraction of sp³-hybridized carbons (Fsp3) is 0.231. The number of halogens is 1. The van der Waals surface area contributed by atoms with E-state index < -0.39 is 12.1 Å². The van der Waals surface area contributed by atoms with Crippen molar-refractivity contribution in [1.29, 1.82) is 5.41 Å². The number of hydrogen-bond acceptors (Lipinski definition) is 7. The maximum absolute atomic E-state index is 13.6. The van der Waals surface area contributed by atoms with Crippen LogP contribution in [0.25, 0.3) is 11.1 Å². The molecule has 0 spiro atoms. The van der Waals surface area contributed by atoms with Gasteiger partial charge in [-0.05, 0) is 41.7 Å². The Hall–Kier alpha value is -4.51. The molecule has 0 saturated heterocycles. The van der Waals surface area contributed by atoms with Crippen molar-refractivity contribution < 1.29 is 14.3 Å². The zero-order valence-electron chi connectivity index (χ0n) is 20.2. The predicted octanol–water partition coefficient (Wildman–Crippen LogP) is 2.96. The number of rotatable bonds is 10. The van der Waals surface area contributed by atoms with E-state index in [0.717, 1.165) is 30.3 Å². The number of benzene rings is 2. The van der Waals surface area contributed by atoms with E-state index in [1.165, 1.54) is 4.90 Å². The molecular weight excluding hydrogens is 508 g/mol. The Morgan fingerprint density at radius 2 is 2.00 bits per heavy atom. The van der Waals surface area contributed by atoms with Gasteiger partial charge < -0.3 is 16.2 Å². The first-order valence-corrected chi connectivity index (χ1v) is 12.3. The van der Waals surface area contributed by atoms with Gasteiger partial charge in [-0.25, -0.2) is 9.98 Å². The number of nitrogens with zero attached hydrogens (tertiary/aromatic N) is 5. The number of aromatic nitrogens is 2. The number of carbonyl (C=O) groups is 2. The van der Waals surface area contributed by atoms with Crippen LogP contribution in [0.3, 0.4) is 0 Å². The van der Waals surface area contributed by atoms with Crippen molar-refractivity contribution in [3.05, 3.63) is 76.6 Å². The van der Waals surface area contributed by atoms with Gasteiger partial charge in [0.25, 0.3) is 12.4 Å². The highest BCUT2D eigenvalue weighted by Crippen LogP contribution is 2.36. The Kier molecular flexibility index (Phi) is 6.93. The summed E-state index contributed by atoms with van der Waals surface area (Å²) in [7, 11) is 0. The first-order valence-electron chi connectivity index (χ1n) is 11.9. The largest absolute Gasteiger partial charge is 0.465 e. The van der Waals surface area contributed by atoms with Crippen LogP contribution in [0.5, 0.6) is 0 Å². The monoisotopic (exact) mass is 532 g/mol. The van der Waals surface area contributed by atoms with Gasteiger partial charge >= 0.3 is 0 Å². The zero-order chi connectivity index (χ0) is 26.8. The minimum atomic E-state index is -0.853. The van der Waals surface area contributed by atoms with Crippen LogP contribution < -0.4 is 11.5 Å². The first-order chi connectivity index (χ1) is 18.4. The van der Waals surface area contributed by atoms with Gasteiger partial charge in [0.05, 0.1) is 23.3 Å².